The molecule has 0 aliphatic heterocycles. The van der Waals surface area contributed by atoms with Crippen molar-refractivity contribution < 1.29 is 9.53 Å². The Balaban J connectivity index is 2.67. The van der Waals surface area contributed by atoms with Crippen LogP contribution in [0.2, 0.25) is 0 Å². The summed E-state index contributed by atoms with van der Waals surface area (Å²) in [5.41, 5.74) is -0.452. The molecule has 1 aliphatic carbocycles. The van der Waals surface area contributed by atoms with E-state index in [1.165, 1.54) is 25.7 Å². The summed E-state index contributed by atoms with van der Waals surface area (Å²) in [6.45, 7) is 9.37. The highest BCUT2D eigenvalue weighted by Gasteiger charge is 2.42. The quantitative estimate of drug-likeness (QED) is 0.585. The molecule has 2 heteroatoms. The molecule has 0 heterocycles. The summed E-state index contributed by atoms with van der Waals surface area (Å²) >= 11 is 0. The highest BCUT2D eigenvalue weighted by Crippen LogP contribution is 2.38. The first-order chi connectivity index (χ1) is 9.57. The minimum Gasteiger partial charge on any atom is -0.367 e. The molecule has 1 saturated carbocycles. The Labute approximate surface area is 125 Å². The number of Topliss-reactive ketones (excluding diaryl/α,β-unsaturated/α-hetero) is 1. The molecular weight excluding hydrogens is 248 g/mol. The molecule has 0 N–H and O–H groups in total. The summed E-state index contributed by atoms with van der Waals surface area (Å²) in [6.07, 6.45) is 9.75. The van der Waals surface area contributed by atoms with Gasteiger partial charge in [0.1, 0.15) is 5.60 Å². The molecule has 0 aromatic carbocycles. The van der Waals surface area contributed by atoms with E-state index in [0.29, 0.717) is 24.2 Å². The van der Waals surface area contributed by atoms with Crippen LogP contribution in [0.4, 0.5) is 0 Å². The molecule has 2 nitrogen and oxygen atoms in total. The van der Waals surface area contributed by atoms with Crippen molar-refractivity contribution in [3.8, 4) is 0 Å². The zero-order chi connectivity index (χ0) is 15.0. The van der Waals surface area contributed by atoms with Crippen molar-refractivity contribution in [1.29, 1.82) is 0 Å². The summed E-state index contributed by atoms with van der Waals surface area (Å²) in [7, 11) is 0. The first kappa shape index (κ1) is 17.7. The van der Waals surface area contributed by atoms with Crippen LogP contribution in [-0.4, -0.2) is 18.0 Å². The summed E-state index contributed by atoms with van der Waals surface area (Å²) in [5.74, 6) is 1.56. The fourth-order valence-electron chi connectivity index (χ4n) is 3.64. The van der Waals surface area contributed by atoms with Crippen molar-refractivity contribution in [3.05, 3.63) is 0 Å². The fourth-order valence-corrected chi connectivity index (χ4v) is 3.64. The third-order valence-corrected chi connectivity index (χ3v) is 4.90. The third kappa shape index (κ3) is 4.87. The summed E-state index contributed by atoms with van der Waals surface area (Å²) < 4.78 is 6.00. The summed E-state index contributed by atoms with van der Waals surface area (Å²) in [6, 6.07) is 0. The molecular formula is C18H34O2. The van der Waals surface area contributed by atoms with E-state index in [0.717, 1.165) is 32.1 Å². The van der Waals surface area contributed by atoms with Gasteiger partial charge in [0.25, 0.3) is 0 Å². The maximum atomic E-state index is 12.9. The lowest BCUT2D eigenvalue weighted by atomic mass is 9.74. The second-order valence-electron chi connectivity index (χ2n) is 6.67. The van der Waals surface area contributed by atoms with Crippen LogP contribution in [0.1, 0.15) is 85.5 Å². The number of unbranched alkanes of at least 4 members (excludes halogenated alkanes) is 1. The van der Waals surface area contributed by atoms with E-state index >= 15 is 0 Å². The maximum absolute atomic E-state index is 12.9. The molecule has 0 spiro atoms. The highest BCUT2D eigenvalue weighted by atomic mass is 16.5. The van der Waals surface area contributed by atoms with E-state index in [2.05, 4.69) is 20.8 Å². The van der Waals surface area contributed by atoms with E-state index in [1.807, 2.05) is 6.92 Å². The largest absolute Gasteiger partial charge is 0.367 e. The Kier molecular flexibility index (Phi) is 7.79. The number of ether oxygens (including phenoxy) is 1. The molecule has 0 bridgehead atoms. The maximum Gasteiger partial charge on any atom is 0.164 e. The Morgan fingerprint density at radius 2 is 2.10 bits per heavy atom. The van der Waals surface area contributed by atoms with Gasteiger partial charge in [-0.3, -0.25) is 4.79 Å². The van der Waals surface area contributed by atoms with Gasteiger partial charge in [-0.15, -0.1) is 0 Å². The molecule has 1 fully saturated rings. The van der Waals surface area contributed by atoms with Gasteiger partial charge < -0.3 is 4.74 Å². The molecule has 20 heavy (non-hydrogen) atoms. The average Bonchev–Trinajstić information content (AvgIpc) is 2.43. The van der Waals surface area contributed by atoms with Gasteiger partial charge in [0.15, 0.2) is 5.78 Å². The number of hydrogen-bond donors (Lipinski definition) is 0. The molecule has 0 amide bonds. The molecule has 1 rings (SSSR count). The van der Waals surface area contributed by atoms with Gasteiger partial charge in [0, 0.05) is 13.0 Å². The topological polar surface area (TPSA) is 26.3 Å². The van der Waals surface area contributed by atoms with Gasteiger partial charge in [-0.05, 0) is 38.0 Å². The lowest BCUT2D eigenvalue weighted by Gasteiger charge is -2.39. The normalized spacial score (nSPS) is 28.3. The number of rotatable bonds is 9. The number of hydrogen-bond acceptors (Lipinski definition) is 2. The van der Waals surface area contributed by atoms with Gasteiger partial charge in [-0.1, -0.05) is 52.9 Å². The van der Waals surface area contributed by atoms with Crippen LogP contribution in [0.15, 0.2) is 0 Å². The number of carbonyl (C=O) groups excluding carboxylic acids is 1. The van der Waals surface area contributed by atoms with Gasteiger partial charge in [0.2, 0.25) is 0 Å². The minimum atomic E-state index is -0.452. The van der Waals surface area contributed by atoms with Crippen LogP contribution >= 0.6 is 0 Å². The SMILES string of the molecule is CCCCC(CC)CC(=O)C1(OCC)CCCC(C)C1. The third-order valence-electron chi connectivity index (χ3n) is 4.90. The monoisotopic (exact) mass is 282 g/mol. The summed E-state index contributed by atoms with van der Waals surface area (Å²) in [5, 5.41) is 0. The Morgan fingerprint density at radius 3 is 2.65 bits per heavy atom. The molecule has 0 aromatic rings. The molecule has 3 atom stereocenters. The van der Waals surface area contributed by atoms with E-state index in [1.54, 1.807) is 0 Å². The van der Waals surface area contributed by atoms with Crippen LogP contribution in [-0.2, 0) is 9.53 Å². The first-order valence-corrected chi connectivity index (χ1v) is 8.75. The number of ketones is 1. The lowest BCUT2D eigenvalue weighted by Crippen LogP contribution is -2.46. The highest BCUT2D eigenvalue weighted by molar-refractivity contribution is 5.87. The fraction of sp³-hybridized carbons (Fsp3) is 0.944. The van der Waals surface area contributed by atoms with E-state index < -0.39 is 5.60 Å². The Morgan fingerprint density at radius 1 is 1.35 bits per heavy atom. The van der Waals surface area contributed by atoms with Crippen molar-refractivity contribution >= 4 is 5.78 Å². The summed E-state index contributed by atoms with van der Waals surface area (Å²) in [4.78, 5) is 12.9. The first-order valence-electron chi connectivity index (χ1n) is 8.75. The molecule has 0 aromatic heterocycles. The second kappa shape index (κ2) is 8.81. The van der Waals surface area contributed by atoms with Crippen molar-refractivity contribution in [1.82, 2.24) is 0 Å². The minimum absolute atomic E-state index is 0.383. The molecule has 0 radical (unpaired) electrons. The van der Waals surface area contributed by atoms with Gasteiger partial charge >= 0.3 is 0 Å². The molecule has 118 valence electrons. The van der Waals surface area contributed by atoms with Crippen LogP contribution in [0, 0.1) is 11.8 Å². The van der Waals surface area contributed by atoms with E-state index in [4.69, 9.17) is 4.74 Å². The van der Waals surface area contributed by atoms with Crippen LogP contribution < -0.4 is 0 Å². The van der Waals surface area contributed by atoms with Gasteiger partial charge in [0.05, 0.1) is 0 Å². The van der Waals surface area contributed by atoms with E-state index in [9.17, 15) is 4.79 Å². The van der Waals surface area contributed by atoms with Gasteiger partial charge in [-0.25, -0.2) is 0 Å². The van der Waals surface area contributed by atoms with Crippen molar-refractivity contribution in [3.63, 3.8) is 0 Å². The zero-order valence-electron chi connectivity index (χ0n) is 14.0. The standard InChI is InChI=1S/C18H34O2/c1-5-8-11-16(6-2)13-17(19)18(20-7-3)12-9-10-15(4)14-18/h15-16H,5-14H2,1-4H3. The Bertz CT molecular complexity index is 283. The smallest absolute Gasteiger partial charge is 0.164 e. The van der Waals surface area contributed by atoms with Gasteiger partial charge in [-0.2, -0.15) is 0 Å². The van der Waals surface area contributed by atoms with Crippen molar-refractivity contribution in [2.75, 3.05) is 6.61 Å². The predicted octanol–water partition coefficient (Wildman–Crippen LogP) is 5.15. The van der Waals surface area contributed by atoms with Crippen LogP contribution in [0.5, 0.6) is 0 Å². The van der Waals surface area contributed by atoms with Crippen molar-refractivity contribution in [2.45, 2.75) is 91.1 Å². The average molecular weight is 282 g/mol. The van der Waals surface area contributed by atoms with Crippen LogP contribution in [0.3, 0.4) is 0 Å². The van der Waals surface area contributed by atoms with Crippen molar-refractivity contribution in [2.24, 2.45) is 11.8 Å². The molecule has 0 saturated heterocycles. The second-order valence-corrected chi connectivity index (χ2v) is 6.67. The lowest BCUT2D eigenvalue weighted by molar-refractivity contribution is -0.152. The van der Waals surface area contributed by atoms with Crippen LogP contribution in [0.25, 0.3) is 0 Å². The Hall–Kier alpha value is -0.370. The molecule has 3 unspecified atom stereocenters. The predicted molar refractivity (Wildman–Crippen MR) is 84.9 cm³/mol. The molecule has 1 aliphatic rings. The number of carbonyl (C=O) groups is 1. The zero-order valence-corrected chi connectivity index (χ0v) is 14.0. The van der Waals surface area contributed by atoms with E-state index in [-0.39, 0.29) is 0 Å².